The van der Waals surface area contributed by atoms with Gasteiger partial charge >= 0.3 is 0 Å². The van der Waals surface area contributed by atoms with E-state index in [-0.39, 0.29) is 0 Å². The van der Waals surface area contributed by atoms with Crippen LogP contribution in [0, 0.1) is 13.8 Å². The monoisotopic (exact) mass is 262 g/mol. The average Bonchev–Trinajstić information content (AvgIpc) is 2.92. The summed E-state index contributed by atoms with van der Waals surface area (Å²) in [4.78, 5) is 2.83. The molecule has 2 aromatic heterocycles. The maximum atomic E-state index is 3.60. The maximum absolute atomic E-state index is 3.60. The molecule has 0 amide bonds. The van der Waals surface area contributed by atoms with Gasteiger partial charge in [0.15, 0.2) is 0 Å². The van der Waals surface area contributed by atoms with Gasteiger partial charge in [0.1, 0.15) is 0 Å². The summed E-state index contributed by atoms with van der Waals surface area (Å²) in [5.74, 6) is 0. The Morgan fingerprint density at radius 2 is 2.17 bits per heavy atom. The van der Waals surface area contributed by atoms with Crippen LogP contribution < -0.4 is 5.32 Å². The molecule has 0 spiro atoms. The molecule has 0 bridgehead atoms. The molecule has 0 aromatic carbocycles. The molecule has 18 heavy (non-hydrogen) atoms. The summed E-state index contributed by atoms with van der Waals surface area (Å²) in [6.45, 7) is 10.8. The van der Waals surface area contributed by atoms with E-state index in [1.165, 1.54) is 20.9 Å². The van der Waals surface area contributed by atoms with Crippen molar-refractivity contribution in [2.45, 2.75) is 46.8 Å². The van der Waals surface area contributed by atoms with Gasteiger partial charge in [0.2, 0.25) is 0 Å². The normalized spacial score (nSPS) is 12.9. The summed E-state index contributed by atoms with van der Waals surface area (Å²) < 4.78 is 2.21. The Hall–Kier alpha value is -1.06. The molecular formula is C15H22N2S. The molecule has 1 N–H and O–H groups in total. The lowest BCUT2D eigenvalue weighted by molar-refractivity contribution is 0.573. The van der Waals surface area contributed by atoms with E-state index >= 15 is 0 Å². The van der Waals surface area contributed by atoms with Crippen molar-refractivity contribution in [2.24, 2.45) is 0 Å². The second-order valence-electron chi connectivity index (χ2n) is 4.82. The molecule has 0 aliphatic rings. The molecule has 0 aliphatic carbocycles. The highest BCUT2D eigenvalue weighted by atomic mass is 32.1. The molecule has 0 saturated carbocycles. The average molecular weight is 262 g/mol. The predicted octanol–water partition coefficient (Wildman–Crippen LogP) is 4.04. The molecule has 0 saturated heterocycles. The van der Waals surface area contributed by atoms with E-state index in [2.05, 4.69) is 62.1 Å². The third-order valence-electron chi connectivity index (χ3n) is 3.34. The van der Waals surface area contributed by atoms with Crippen LogP contribution in [0.1, 0.15) is 40.8 Å². The second-order valence-corrected chi connectivity index (χ2v) is 6.28. The van der Waals surface area contributed by atoms with E-state index in [1.54, 1.807) is 0 Å². The topological polar surface area (TPSA) is 17.0 Å². The van der Waals surface area contributed by atoms with Gasteiger partial charge in [-0.1, -0.05) is 0 Å². The number of hydrogen-bond acceptors (Lipinski definition) is 2. The zero-order valence-electron chi connectivity index (χ0n) is 11.7. The molecule has 2 heterocycles. The van der Waals surface area contributed by atoms with Gasteiger partial charge in [-0.3, -0.25) is 0 Å². The van der Waals surface area contributed by atoms with E-state index in [0.717, 1.165) is 13.1 Å². The first-order chi connectivity index (χ1) is 8.60. The molecule has 2 rings (SSSR count). The minimum absolute atomic E-state index is 0.417. The number of nitrogens with zero attached hydrogens (tertiary/aromatic N) is 1. The van der Waals surface area contributed by atoms with Gasteiger partial charge in [0.25, 0.3) is 0 Å². The molecule has 0 radical (unpaired) electrons. The van der Waals surface area contributed by atoms with E-state index < -0.39 is 0 Å². The molecule has 2 nitrogen and oxygen atoms in total. The number of aryl methyl sites for hydroxylation is 3. The minimum atomic E-state index is 0.417. The fraction of sp³-hybridized carbons (Fsp3) is 0.467. The highest BCUT2D eigenvalue weighted by Gasteiger charge is 2.10. The lowest BCUT2D eigenvalue weighted by atomic mass is 10.1. The van der Waals surface area contributed by atoms with Crippen molar-refractivity contribution in [3.05, 3.63) is 45.4 Å². The van der Waals surface area contributed by atoms with E-state index in [0.29, 0.717) is 6.04 Å². The van der Waals surface area contributed by atoms with Crippen LogP contribution in [0.2, 0.25) is 0 Å². The maximum Gasteiger partial charge on any atom is 0.0305 e. The van der Waals surface area contributed by atoms with Crippen molar-refractivity contribution in [2.75, 3.05) is 0 Å². The first kappa shape index (κ1) is 13.4. The van der Waals surface area contributed by atoms with Gasteiger partial charge in [-0.2, -0.15) is 0 Å². The SMILES string of the molecule is CCn1ccc(CNC(C)c2cc(C)sc2C)c1. The summed E-state index contributed by atoms with van der Waals surface area (Å²) >= 11 is 1.88. The van der Waals surface area contributed by atoms with E-state index in [9.17, 15) is 0 Å². The smallest absolute Gasteiger partial charge is 0.0305 e. The standard InChI is InChI=1S/C15H22N2S/c1-5-17-7-6-14(10-17)9-16-12(3)15-8-11(2)18-13(15)4/h6-8,10,12,16H,5,9H2,1-4H3. The molecule has 0 aliphatic heterocycles. The Morgan fingerprint density at radius 1 is 1.39 bits per heavy atom. The highest BCUT2D eigenvalue weighted by Crippen LogP contribution is 2.26. The van der Waals surface area contributed by atoms with Crippen LogP contribution in [-0.2, 0) is 13.1 Å². The fourth-order valence-corrected chi connectivity index (χ4v) is 3.28. The van der Waals surface area contributed by atoms with E-state index in [1.807, 2.05) is 11.3 Å². The van der Waals surface area contributed by atoms with Crippen molar-refractivity contribution in [3.8, 4) is 0 Å². The van der Waals surface area contributed by atoms with Crippen molar-refractivity contribution < 1.29 is 0 Å². The molecule has 0 fully saturated rings. The molecule has 3 heteroatoms. The summed E-state index contributed by atoms with van der Waals surface area (Å²) in [6, 6.07) is 4.91. The van der Waals surface area contributed by atoms with Gasteiger partial charge in [-0.05, 0) is 51.0 Å². The van der Waals surface area contributed by atoms with Crippen molar-refractivity contribution in [1.29, 1.82) is 0 Å². The van der Waals surface area contributed by atoms with Crippen molar-refractivity contribution in [3.63, 3.8) is 0 Å². The molecule has 1 atom stereocenters. The zero-order valence-corrected chi connectivity index (χ0v) is 12.5. The van der Waals surface area contributed by atoms with Crippen LogP contribution in [-0.4, -0.2) is 4.57 Å². The summed E-state index contributed by atoms with van der Waals surface area (Å²) in [7, 11) is 0. The van der Waals surface area contributed by atoms with Gasteiger partial charge in [0, 0.05) is 41.3 Å². The molecule has 98 valence electrons. The minimum Gasteiger partial charge on any atom is -0.354 e. The molecule has 2 aromatic rings. The number of thiophene rings is 1. The van der Waals surface area contributed by atoms with Crippen LogP contribution in [0.5, 0.6) is 0 Å². The quantitative estimate of drug-likeness (QED) is 0.860. The molecular weight excluding hydrogens is 240 g/mol. The number of nitrogens with one attached hydrogen (secondary N) is 1. The Morgan fingerprint density at radius 3 is 2.72 bits per heavy atom. The fourth-order valence-electron chi connectivity index (χ4n) is 2.25. The predicted molar refractivity (Wildman–Crippen MR) is 79.2 cm³/mol. The first-order valence-corrected chi connectivity index (χ1v) is 7.36. The second kappa shape index (κ2) is 5.72. The lowest BCUT2D eigenvalue weighted by Gasteiger charge is -2.13. The van der Waals surface area contributed by atoms with Gasteiger partial charge < -0.3 is 9.88 Å². The van der Waals surface area contributed by atoms with Gasteiger partial charge in [-0.25, -0.2) is 0 Å². The first-order valence-electron chi connectivity index (χ1n) is 6.55. The summed E-state index contributed by atoms with van der Waals surface area (Å²) in [5.41, 5.74) is 2.79. The number of aromatic nitrogens is 1. The Kier molecular flexibility index (Phi) is 4.25. The van der Waals surface area contributed by atoms with Crippen LogP contribution in [0.25, 0.3) is 0 Å². The van der Waals surface area contributed by atoms with Crippen LogP contribution in [0.4, 0.5) is 0 Å². The molecule has 1 unspecified atom stereocenters. The third-order valence-corrected chi connectivity index (χ3v) is 4.32. The van der Waals surface area contributed by atoms with Crippen molar-refractivity contribution >= 4 is 11.3 Å². The zero-order chi connectivity index (χ0) is 13.1. The van der Waals surface area contributed by atoms with Crippen LogP contribution >= 0.6 is 11.3 Å². The van der Waals surface area contributed by atoms with Gasteiger partial charge in [-0.15, -0.1) is 11.3 Å². The number of rotatable bonds is 5. The summed E-state index contributed by atoms with van der Waals surface area (Å²) in [6.07, 6.45) is 4.35. The van der Waals surface area contributed by atoms with Crippen LogP contribution in [0.3, 0.4) is 0 Å². The summed E-state index contributed by atoms with van der Waals surface area (Å²) in [5, 5.41) is 3.60. The number of hydrogen-bond donors (Lipinski definition) is 1. The Balaban J connectivity index is 1.95. The van der Waals surface area contributed by atoms with Gasteiger partial charge in [0.05, 0.1) is 0 Å². The largest absolute Gasteiger partial charge is 0.354 e. The highest BCUT2D eigenvalue weighted by molar-refractivity contribution is 7.12. The third kappa shape index (κ3) is 3.03. The van der Waals surface area contributed by atoms with Crippen LogP contribution in [0.15, 0.2) is 24.5 Å². The van der Waals surface area contributed by atoms with E-state index in [4.69, 9.17) is 0 Å². The Bertz CT molecular complexity index is 510. The lowest BCUT2D eigenvalue weighted by Crippen LogP contribution is -2.17. The van der Waals surface area contributed by atoms with Crippen molar-refractivity contribution in [1.82, 2.24) is 9.88 Å². The Labute approximate surface area is 114 Å².